The zero-order valence-corrected chi connectivity index (χ0v) is 8.87. The highest BCUT2D eigenvalue weighted by Gasteiger charge is 2.21. The van der Waals surface area contributed by atoms with Crippen LogP contribution in [0.15, 0.2) is 5.11 Å². The van der Waals surface area contributed by atoms with Crippen LogP contribution in [0.3, 0.4) is 0 Å². The van der Waals surface area contributed by atoms with Gasteiger partial charge in [-0.3, -0.25) is 9.59 Å². The summed E-state index contributed by atoms with van der Waals surface area (Å²) in [6.45, 7) is 1.09. The fourth-order valence-electron chi connectivity index (χ4n) is 1.68. The average molecular weight is 226 g/mol. The Hall–Kier alpha value is -1.75. The molecule has 1 aliphatic heterocycles. The maximum absolute atomic E-state index is 11.5. The van der Waals surface area contributed by atoms with Crippen LogP contribution in [0.1, 0.15) is 25.7 Å². The van der Waals surface area contributed by atoms with Crippen molar-refractivity contribution >= 4 is 11.9 Å². The molecule has 0 saturated carbocycles. The first-order valence-corrected chi connectivity index (χ1v) is 5.17. The van der Waals surface area contributed by atoms with Gasteiger partial charge in [-0.15, -0.1) is 0 Å². The summed E-state index contributed by atoms with van der Waals surface area (Å²) in [4.78, 5) is 26.2. The summed E-state index contributed by atoms with van der Waals surface area (Å²) in [5, 5.41) is 12.0. The number of piperidine rings is 1. The Bertz CT molecular complexity index is 317. The van der Waals surface area contributed by atoms with Crippen molar-refractivity contribution in [1.82, 2.24) is 4.90 Å². The molecule has 0 bridgehead atoms. The highest BCUT2D eigenvalue weighted by molar-refractivity contribution is 5.80. The maximum Gasteiger partial charge on any atom is 0.303 e. The van der Waals surface area contributed by atoms with Crippen LogP contribution < -0.4 is 0 Å². The minimum Gasteiger partial charge on any atom is -0.481 e. The van der Waals surface area contributed by atoms with E-state index < -0.39 is 5.97 Å². The smallest absolute Gasteiger partial charge is 0.303 e. The SMILES string of the molecule is [N-]=[N+]=NC1CCN(C(=O)CCC(=O)O)CC1. The zero-order chi connectivity index (χ0) is 12.0. The fraction of sp³-hybridized carbons (Fsp3) is 0.778. The van der Waals surface area contributed by atoms with Gasteiger partial charge in [0.25, 0.3) is 0 Å². The molecule has 0 aromatic rings. The number of amides is 1. The van der Waals surface area contributed by atoms with E-state index >= 15 is 0 Å². The van der Waals surface area contributed by atoms with E-state index in [1.807, 2.05) is 0 Å². The summed E-state index contributed by atoms with van der Waals surface area (Å²) < 4.78 is 0. The van der Waals surface area contributed by atoms with Gasteiger partial charge in [0.15, 0.2) is 0 Å². The molecule has 1 heterocycles. The third-order valence-electron chi connectivity index (χ3n) is 2.58. The predicted octanol–water partition coefficient (Wildman–Crippen LogP) is 1.15. The minimum absolute atomic E-state index is 0.0338. The van der Waals surface area contributed by atoms with Gasteiger partial charge in [0, 0.05) is 30.5 Å². The highest BCUT2D eigenvalue weighted by Crippen LogP contribution is 2.14. The van der Waals surface area contributed by atoms with Gasteiger partial charge >= 0.3 is 5.97 Å². The number of carbonyl (C=O) groups is 2. The summed E-state index contributed by atoms with van der Waals surface area (Å²) in [5.74, 6) is -1.10. The lowest BCUT2D eigenvalue weighted by Gasteiger charge is -2.29. The number of likely N-dealkylation sites (tertiary alicyclic amines) is 1. The lowest BCUT2D eigenvalue weighted by atomic mass is 10.1. The number of carboxylic acids is 1. The average Bonchev–Trinajstić information content (AvgIpc) is 2.27. The molecular weight excluding hydrogens is 212 g/mol. The Labute approximate surface area is 92.7 Å². The van der Waals surface area contributed by atoms with E-state index in [1.165, 1.54) is 0 Å². The summed E-state index contributed by atoms with van der Waals surface area (Å²) >= 11 is 0. The van der Waals surface area contributed by atoms with E-state index in [0.29, 0.717) is 25.9 Å². The summed E-state index contributed by atoms with van der Waals surface area (Å²) in [5.41, 5.74) is 8.25. The third-order valence-corrected chi connectivity index (χ3v) is 2.58. The lowest BCUT2D eigenvalue weighted by molar-refractivity contribution is -0.141. The fourth-order valence-corrected chi connectivity index (χ4v) is 1.68. The molecule has 0 unspecified atom stereocenters. The second kappa shape index (κ2) is 5.97. The Morgan fingerprint density at radius 3 is 2.50 bits per heavy atom. The number of hydrogen-bond acceptors (Lipinski definition) is 3. The van der Waals surface area contributed by atoms with E-state index in [2.05, 4.69) is 10.0 Å². The van der Waals surface area contributed by atoms with E-state index in [9.17, 15) is 9.59 Å². The largest absolute Gasteiger partial charge is 0.481 e. The van der Waals surface area contributed by atoms with Crippen molar-refractivity contribution in [3.05, 3.63) is 10.4 Å². The van der Waals surface area contributed by atoms with Crippen LogP contribution in [0, 0.1) is 0 Å². The van der Waals surface area contributed by atoms with Crippen molar-refractivity contribution in [3.8, 4) is 0 Å². The summed E-state index contributed by atoms with van der Waals surface area (Å²) in [6, 6.07) is -0.0338. The number of rotatable bonds is 4. The van der Waals surface area contributed by atoms with E-state index in [-0.39, 0.29) is 24.8 Å². The van der Waals surface area contributed by atoms with Crippen LogP contribution in [-0.4, -0.2) is 41.0 Å². The molecule has 0 radical (unpaired) electrons. The molecule has 88 valence electrons. The van der Waals surface area contributed by atoms with Crippen molar-refractivity contribution in [1.29, 1.82) is 0 Å². The van der Waals surface area contributed by atoms with Crippen molar-refractivity contribution in [3.63, 3.8) is 0 Å². The Morgan fingerprint density at radius 1 is 1.38 bits per heavy atom. The predicted molar refractivity (Wildman–Crippen MR) is 55.6 cm³/mol. The van der Waals surface area contributed by atoms with Gasteiger partial charge in [0.2, 0.25) is 5.91 Å². The number of azide groups is 1. The molecule has 1 fully saturated rings. The monoisotopic (exact) mass is 226 g/mol. The van der Waals surface area contributed by atoms with Crippen molar-refractivity contribution in [2.75, 3.05) is 13.1 Å². The second-order valence-electron chi connectivity index (χ2n) is 3.71. The topological polar surface area (TPSA) is 106 Å². The van der Waals surface area contributed by atoms with Gasteiger partial charge in [0.05, 0.1) is 6.42 Å². The van der Waals surface area contributed by atoms with Crippen molar-refractivity contribution < 1.29 is 14.7 Å². The quantitative estimate of drug-likeness (QED) is 0.441. The second-order valence-corrected chi connectivity index (χ2v) is 3.71. The van der Waals surface area contributed by atoms with E-state index in [0.717, 1.165) is 0 Å². The molecule has 7 nitrogen and oxygen atoms in total. The van der Waals surface area contributed by atoms with Gasteiger partial charge in [-0.2, -0.15) is 0 Å². The van der Waals surface area contributed by atoms with E-state index in [1.54, 1.807) is 4.90 Å². The van der Waals surface area contributed by atoms with Gasteiger partial charge in [0.1, 0.15) is 0 Å². The molecule has 16 heavy (non-hydrogen) atoms. The Balaban J connectivity index is 2.32. The first-order chi connectivity index (χ1) is 7.63. The molecule has 1 amide bonds. The highest BCUT2D eigenvalue weighted by atomic mass is 16.4. The number of aliphatic carboxylic acids is 1. The van der Waals surface area contributed by atoms with Crippen molar-refractivity contribution in [2.45, 2.75) is 31.7 Å². The standard InChI is InChI=1S/C9H14N4O3/c10-12-11-7-3-5-13(6-4-7)8(14)1-2-9(15)16/h7H,1-6H2,(H,15,16). The zero-order valence-electron chi connectivity index (χ0n) is 8.87. The van der Waals surface area contributed by atoms with Gasteiger partial charge in [-0.25, -0.2) is 0 Å². The first kappa shape index (κ1) is 12.3. The molecule has 7 heteroatoms. The molecule has 0 aromatic carbocycles. The Morgan fingerprint density at radius 2 is 2.00 bits per heavy atom. The van der Waals surface area contributed by atoms with Crippen LogP contribution in [0.25, 0.3) is 10.4 Å². The normalized spacial score (nSPS) is 16.6. The molecule has 1 saturated heterocycles. The van der Waals surface area contributed by atoms with Gasteiger partial charge < -0.3 is 10.0 Å². The number of nitrogens with zero attached hydrogens (tertiary/aromatic N) is 4. The summed E-state index contributed by atoms with van der Waals surface area (Å²) in [6.07, 6.45) is 1.22. The third kappa shape index (κ3) is 3.78. The number of carboxylic acid groups (broad SMARTS) is 1. The van der Waals surface area contributed by atoms with Crippen LogP contribution in [0.2, 0.25) is 0 Å². The molecule has 0 atom stereocenters. The van der Waals surface area contributed by atoms with Crippen LogP contribution in [0.5, 0.6) is 0 Å². The molecule has 0 spiro atoms. The minimum atomic E-state index is -0.961. The molecule has 1 aliphatic rings. The lowest BCUT2D eigenvalue weighted by Crippen LogP contribution is -2.39. The number of hydrogen-bond donors (Lipinski definition) is 1. The van der Waals surface area contributed by atoms with Crippen LogP contribution in [0.4, 0.5) is 0 Å². The molecule has 0 aromatic heterocycles. The van der Waals surface area contributed by atoms with Gasteiger partial charge in [-0.1, -0.05) is 5.11 Å². The first-order valence-electron chi connectivity index (χ1n) is 5.17. The van der Waals surface area contributed by atoms with E-state index in [4.69, 9.17) is 10.6 Å². The number of carbonyl (C=O) groups excluding carboxylic acids is 1. The molecular formula is C9H14N4O3. The molecule has 1 rings (SSSR count). The summed E-state index contributed by atoms with van der Waals surface area (Å²) in [7, 11) is 0. The van der Waals surface area contributed by atoms with Gasteiger partial charge in [-0.05, 0) is 18.4 Å². The Kier molecular flexibility index (Phi) is 4.60. The van der Waals surface area contributed by atoms with Crippen LogP contribution in [-0.2, 0) is 9.59 Å². The maximum atomic E-state index is 11.5. The van der Waals surface area contributed by atoms with Crippen molar-refractivity contribution in [2.24, 2.45) is 5.11 Å². The van der Waals surface area contributed by atoms with Crippen LogP contribution >= 0.6 is 0 Å². The molecule has 1 N–H and O–H groups in total. The molecule has 0 aliphatic carbocycles.